The van der Waals surface area contributed by atoms with Crippen LogP contribution in [0.25, 0.3) is 5.69 Å². The van der Waals surface area contributed by atoms with E-state index in [1.807, 2.05) is 0 Å². The van der Waals surface area contributed by atoms with Crippen LogP contribution in [0.3, 0.4) is 0 Å². The summed E-state index contributed by atoms with van der Waals surface area (Å²) in [6.45, 7) is 1.42. The van der Waals surface area contributed by atoms with Gasteiger partial charge in [0.15, 0.2) is 0 Å². The van der Waals surface area contributed by atoms with Crippen molar-refractivity contribution < 1.29 is 13.9 Å². The third-order valence-corrected chi connectivity index (χ3v) is 2.38. The summed E-state index contributed by atoms with van der Waals surface area (Å²) in [6.07, 6.45) is 1.79. The first-order valence-corrected chi connectivity index (χ1v) is 5.10. The van der Waals surface area contributed by atoms with Crippen molar-refractivity contribution in [2.45, 2.75) is 13.3 Å². The molecule has 1 N–H and O–H groups in total. The van der Waals surface area contributed by atoms with Crippen LogP contribution in [-0.2, 0) is 6.42 Å². The minimum atomic E-state index is -0.565. The molecule has 0 aliphatic heterocycles. The molecule has 0 atom stereocenters. The number of aromatic nitrogens is 3. The second-order valence-corrected chi connectivity index (χ2v) is 3.68. The number of benzene rings is 1. The molecule has 2 rings (SSSR count). The number of halogens is 2. The van der Waals surface area contributed by atoms with Crippen molar-refractivity contribution in [2.75, 3.05) is 6.61 Å². The van der Waals surface area contributed by atoms with Gasteiger partial charge < -0.3 is 5.11 Å². The predicted octanol–water partition coefficient (Wildman–Crippen LogP) is 1.39. The van der Waals surface area contributed by atoms with Gasteiger partial charge in [0, 0.05) is 19.1 Å². The Labute approximate surface area is 96.5 Å². The van der Waals surface area contributed by atoms with Gasteiger partial charge in [-0.1, -0.05) is 5.21 Å². The highest BCUT2D eigenvalue weighted by Gasteiger charge is 2.11. The van der Waals surface area contributed by atoms with Gasteiger partial charge in [-0.15, -0.1) is 5.10 Å². The quantitative estimate of drug-likeness (QED) is 0.880. The number of rotatable bonds is 3. The Balaban J connectivity index is 2.41. The molecule has 0 spiro atoms. The Hall–Kier alpha value is -1.82. The zero-order valence-electron chi connectivity index (χ0n) is 9.19. The van der Waals surface area contributed by atoms with Crippen LogP contribution in [0, 0.1) is 18.6 Å². The van der Waals surface area contributed by atoms with Crippen molar-refractivity contribution in [1.29, 1.82) is 0 Å². The number of nitrogens with zero attached hydrogens (tertiary/aromatic N) is 3. The molecule has 4 nitrogen and oxygen atoms in total. The lowest BCUT2D eigenvalue weighted by molar-refractivity contribution is 0.298. The van der Waals surface area contributed by atoms with Crippen molar-refractivity contribution >= 4 is 0 Å². The highest BCUT2D eigenvalue weighted by atomic mass is 19.1. The normalized spacial score (nSPS) is 10.8. The number of aryl methyl sites for hydroxylation is 1. The molecule has 2 aromatic rings. The monoisotopic (exact) mass is 239 g/mol. The fourth-order valence-electron chi connectivity index (χ4n) is 1.46. The molecule has 0 unspecified atom stereocenters. The third-order valence-electron chi connectivity index (χ3n) is 2.38. The Morgan fingerprint density at radius 3 is 2.76 bits per heavy atom. The lowest BCUT2D eigenvalue weighted by Gasteiger charge is -2.04. The topological polar surface area (TPSA) is 50.9 Å². The highest BCUT2D eigenvalue weighted by molar-refractivity contribution is 5.36. The SMILES string of the molecule is Cc1cc(F)c(-n2cc(CCO)nn2)cc1F. The van der Waals surface area contributed by atoms with Crippen molar-refractivity contribution in [3.05, 3.63) is 41.2 Å². The van der Waals surface area contributed by atoms with Crippen LogP contribution in [0.2, 0.25) is 0 Å². The number of hydrogen-bond donors (Lipinski definition) is 1. The summed E-state index contributed by atoms with van der Waals surface area (Å²) in [6, 6.07) is 2.18. The molecule has 1 heterocycles. The van der Waals surface area contributed by atoms with Gasteiger partial charge >= 0.3 is 0 Å². The minimum absolute atomic E-state index is 0.00443. The molecular formula is C11H11F2N3O. The first-order chi connectivity index (χ1) is 8.11. The van der Waals surface area contributed by atoms with E-state index in [2.05, 4.69) is 10.3 Å². The van der Waals surface area contributed by atoms with Crippen LogP contribution >= 0.6 is 0 Å². The maximum absolute atomic E-state index is 13.6. The standard InChI is InChI=1S/C11H11F2N3O/c1-7-4-10(13)11(5-9(7)12)16-6-8(2-3-17)14-15-16/h4-6,17H,2-3H2,1H3. The zero-order chi connectivity index (χ0) is 12.4. The van der Waals surface area contributed by atoms with E-state index < -0.39 is 11.6 Å². The summed E-state index contributed by atoms with van der Waals surface area (Å²) in [4.78, 5) is 0. The van der Waals surface area contributed by atoms with Gasteiger partial charge in [0.1, 0.15) is 17.3 Å². The van der Waals surface area contributed by atoms with Gasteiger partial charge in [-0.2, -0.15) is 0 Å². The Kier molecular flexibility index (Phi) is 3.14. The van der Waals surface area contributed by atoms with Gasteiger partial charge in [0.05, 0.1) is 11.9 Å². The van der Waals surface area contributed by atoms with Crippen LogP contribution in [0.15, 0.2) is 18.3 Å². The molecule has 0 bridgehead atoms. The minimum Gasteiger partial charge on any atom is -0.396 e. The molecule has 90 valence electrons. The second-order valence-electron chi connectivity index (χ2n) is 3.68. The largest absolute Gasteiger partial charge is 0.396 e. The summed E-state index contributed by atoms with van der Waals surface area (Å²) in [7, 11) is 0. The lowest BCUT2D eigenvalue weighted by Crippen LogP contribution is -2.01. The van der Waals surface area contributed by atoms with E-state index in [1.165, 1.54) is 13.1 Å². The summed E-state index contributed by atoms with van der Waals surface area (Å²) in [5, 5.41) is 16.1. The molecule has 0 radical (unpaired) electrons. The fraction of sp³-hybridized carbons (Fsp3) is 0.273. The van der Waals surface area contributed by atoms with Crippen LogP contribution < -0.4 is 0 Å². The Morgan fingerprint density at radius 2 is 2.06 bits per heavy atom. The van der Waals surface area contributed by atoms with Gasteiger partial charge in [-0.05, 0) is 18.6 Å². The molecule has 1 aromatic carbocycles. The maximum Gasteiger partial charge on any atom is 0.149 e. The lowest BCUT2D eigenvalue weighted by atomic mass is 10.2. The summed E-state index contributed by atoms with van der Waals surface area (Å²) in [5.74, 6) is -1.06. The van der Waals surface area contributed by atoms with E-state index in [1.54, 1.807) is 0 Å². The van der Waals surface area contributed by atoms with Crippen LogP contribution in [0.5, 0.6) is 0 Å². The smallest absolute Gasteiger partial charge is 0.149 e. The fourth-order valence-corrected chi connectivity index (χ4v) is 1.46. The molecule has 1 aromatic heterocycles. The molecular weight excluding hydrogens is 228 g/mol. The molecule has 17 heavy (non-hydrogen) atoms. The molecule has 0 aliphatic rings. The molecule has 0 amide bonds. The Bertz CT molecular complexity index is 540. The van der Waals surface area contributed by atoms with Crippen molar-refractivity contribution in [3.8, 4) is 5.69 Å². The number of aliphatic hydroxyl groups excluding tert-OH is 1. The van der Waals surface area contributed by atoms with Crippen LogP contribution in [0.1, 0.15) is 11.3 Å². The summed E-state index contributed by atoms with van der Waals surface area (Å²) < 4.78 is 28.1. The molecule has 6 heteroatoms. The molecule has 0 fully saturated rings. The van der Waals surface area contributed by atoms with Gasteiger partial charge in [-0.3, -0.25) is 0 Å². The van der Waals surface area contributed by atoms with Gasteiger partial charge in [-0.25, -0.2) is 13.5 Å². The van der Waals surface area contributed by atoms with E-state index >= 15 is 0 Å². The maximum atomic E-state index is 13.6. The average Bonchev–Trinajstić information content (AvgIpc) is 2.72. The predicted molar refractivity (Wildman–Crippen MR) is 56.8 cm³/mol. The van der Waals surface area contributed by atoms with E-state index in [-0.39, 0.29) is 17.9 Å². The van der Waals surface area contributed by atoms with Crippen LogP contribution in [-0.4, -0.2) is 26.7 Å². The second kappa shape index (κ2) is 4.58. The molecule has 0 saturated heterocycles. The van der Waals surface area contributed by atoms with E-state index in [0.717, 1.165) is 16.8 Å². The number of aliphatic hydroxyl groups is 1. The van der Waals surface area contributed by atoms with Crippen molar-refractivity contribution in [1.82, 2.24) is 15.0 Å². The molecule has 0 aliphatic carbocycles. The zero-order valence-corrected chi connectivity index (χ0v) is 9.19. The van der Waals surface area contributed by atoms with Gasteiger partial charge in [0.2, 0.25) is 0 Å². The van der Waals surface area contributed by atoms with Crippen molar-refractivity contribution in [3.63, 3.8) is 0 Å². The molecule has 0 saturated carbocycles. The Morgan fingerprint density at radius 1 is 1.29 bits per heavy atom. The van der Waals surface area contributed by atoms with Gasteiger partial charge in [0.25, 0.3) is 0 Å². The first-order valence-electron chi connectivity index (χ1n) is 5.10. The first kappa shape index (κ1) is 11.7. The summed E-state index contributed by atoms with van der Waals surface area (Å²) in [5.41, 5.74) is 0.764. The average molecular weight is 239 g/mol. The number of hydrogen-bond acceptors (Lipinski definition) is 3. The van der Waals surface area contributed by atoms with E-state index in [4.69, 9.17) is 5.11 Å². The third kappa shape index (κ3) is 2.31. The summed E-state index contributed by atoms with van der Waals surface area (Å²) >= 11 is 0. The van der Waals surface area contributed by atoms with Crippen LogP contribution in [0.4, 0.5) is 8.78 Å². The van der Waals surface area contributed by atoms with E-state index in [0.29, 0.717) is 12.1 Å². The van der Waals surface area contributed by atoms with E-state index in [9.17, 15) is 8.78 Å². The van der Waals surface area contributed by atoms with Crippen molar-refractivity contribution in [2.24, 2.45) is 0 Å². The highest BCUT2D eigenvalue weighted by Crippen LogP contribution is 2.17.